The fourth-order valence-electron chi connectivity index (χ4n) is 2.07. The first kappa shape index (κ1) is 14.8. The molecule has 1 unspecified atom stereocenters. The number of carbonyl (C=O) groups is 1. The van der Waals surface area contributed by atoms with E-state index in [0.29, 0.717) is 12.6 Å². The largest absolute Gasteiger partial charge is 0.334 e. The molecule has 1 fully saturated rings. The van der Waals surface area contributed by atoms with Crippen molar-refractivity contribution in [2.24, 2.45) is 0 Å². The number of urea groups is 1. The van der Waals surface area contributed by atoms with Crippen LogP contribution in [0.1, 0.15) is 12.0 Å². The molecule has 5 heteroatoms. The quantitative estimate of drug-likeness (QED) is 0.876. The van der Waals surface area contributed by atoms with Gasteiger partial charge in [0.2, 0.25) is 0 Å². The van der Waals surface area contributed by atoms with E-state index in [1.807, 2.05) is 42.3 Å². The second-order valence-corrected chi connectivity index (χ2v) is 4.36. The Balaban J connectivity index is 0.00000162. The number of benzene rings is 1. The van der Waals surface area contributed by atoms with Crippen molar-refractivity contribution >= 4 is 18.4 Å². The van der Waals surface area contributed by atoms with Gasteiger partial charge in [-0.2, -0.15) is 0 Å². The van der Waals surface area contributed by atoms with E-state index < -0.39 is 0 Å². The average Bonchev–Trinajstić information content (AvgIpc) is 2.86. The monoisotopic (exact) mass is 269 g/mol. The van der Waals surface area contributed by atoms with Crippen LogP contribution >= 0.6 is 12.4 Å². The SMILES string of the molecule is CNC1CCN(C(=O)NCc2ccccc2)C1.Cl. The summed E-state index contributed by atoms with van der Waals surface area (Å²) in [6.45, 7) is 2.24. The zero-order chi connectivity index (χ0) is 12.1. The predicted molar refractivity (Wildman–Crippen MR) is 75.0 cm³/mol. The summed E-state index contributed by atoms with van der Waals surface area (Å²) in [7, 11) is 1.94. The van der Waals surface area contributed by atoms with Crippen molar-refractivity contribution in [3.8, 4) is 0 Å². The van der Waals surface area contributed by atoms with E-state index in [1.54, 1.807) is 0 Å². The zero-order valence-corrected chi connectivity index (χ0v) is 11.4. The van der Waals surface area contributed by atoms with Crippen LogP contribution in [0.2, 0.25) is 0 Å². The molecule has 4 nitrogen and oxygen atoms in total. The summed E-state index contributed by atoms with van der Waals surface area (Å²) >= 11 is 0. The van der Waals surface area contributed by atoms with E-state index in [4.69, 9.17) is 0 Å². The van der Waals surface area contributed by atoms with Gasteiger partial charge in [0, 0.05) is 25.7 Å². The van der Waals surface area contributed by atoms with E-state index in [-0.39, 0.29) is 18.4 Å². The van der Waals surface area contributed by atoms with Gasteiger partial charge in [0.1, 0.15) is 0 Å². The minimum atomic E-state index is 0. The molecule has 1 atom stereocenters. The van der Waals surface area contributed by atoms with Crippen molar-refractivity contribution in [3.05, 3.63) is 35.9 Å². The number of likely N-dealkylation sites (N-methyl/N-ethyl adjacent to an activating group) is 1. The van der Waals surface area contributed by atoms with Crippen LogP contribution in [-0.4, -0.2) is 37.1 Å². The lowest BCUT2D eigenvalue weighted by Crippen LogP contribution is -2.39. The van der Waals surface area contributed by atoms with Gasteiger partial charge in [0.15, 0.2) is 0 Å². The third-order valence-corrected chi connectivity index (χ3v) is 3.17. The van der Waals surface area contributed by atoms with Crippen LogP contribution < -0.4 is 10.6 Å². The van der Waals surface area contributed by atoms with Gasteiger partial charge < -0.3 is 15.5 Å². The summed E-state index contributed by atoms with van der Waals surface area (Å²) in [5.41, 5.74) is 1.13. The number of rotatable bonds is 3. The van der Waals surface area contributed by atoms with Crippen molar-refractivity contribution in [1.82, 2.24) is 15.5 Å². The summed E-state index contributed by atoms with van der Waals surface area (Å²) < 4.78 is 0. The number of amides is 2. The van der Waals surface area contributed by atoms with Gasteiger partial charge in [-0.3, -0.25) is 0 Å². The van der Waals surface area contributed by atoms with Gasteiger partial charge >= 0.3 is 6.03 Å². The summed E-state index contributed by atoms with van der Waals surface area (Å²) in [5, 5.41) is 6.15. The fourth-order valence-corrected chi connectivity index (χ4v) is 2.07. The van der Waals surface area contributed by atoms with Crippen LogP contribution in [0.15, 0.2) is 30.3 Å². The molecule has 1 aromatic carbocycles. The maximum atomic E-state index is 11.9. The molecule has 18 heavy (non-hydrogen) atoms. The Bertz CT molecular complexity index is 372. The Hall–Kier alpha value is -1.26. The molecule has 100 valence electrons. The molecule has 0 radical (unpaired) electrons. The normalized spacial score (nSPS) is 18.3. The highest BCUT2D eigenvalue weighted by atomic mass is 35.5. The number of carbonyl (C=O) groups excluding carboxylic acids is 1. The molecule has 2 N–H and O–H groups in total. The molecule has 2 rings (SSSR count). The lowest BCUT2D eigenvalue weighted by molar-refractivity contribution is 0.207. The van der Waals surface area contributed by atoms with Crippen molar-refractivity contribution in [2.75, 3.05) is 20.1 Å². The number of halogens is 1. The van der Waals surface area contributed by atoms with E-state index in [2.05, 4.69) is 10.6 Å². The first-order valence-corrected chi connectivity index (χ1v) is 6.03. The van der Waals surface area contributed by atoms with Gasteiger partial charge in [-0.15, -0.1) is 12.4 Å². The Morgan fingerprint density at radius 1 is 1.39 bits per heavy atom. The Morgan fingerprint density at radius 3 is 2.72 bits per heavy atom. The maximum absolute atomic E-state index is 11.9. The lowest BCUT2D eigenvalue weighted by Gasteiger charge is -2.17. The molecule has 2 amide bonds. The number of hydrogen-bond acceptors (Lipinski definition) is 2. The van der Waals surface area contributed by atoms with Crippen LogP contribution in [0.4, 0.5) is 4.79 Å². The molecule has 0 saturated carbocycles. The van der Waals surface area contributed by atoms with Crippen molar-refractivity contribution in [2.45, 2.75) is 19.0 Å². The van der Waals surface area contributed by atoms with Gasteiger partial charge in [0.05, 0.1) is 0 Å². The van der Waals surface area contributed by atoms with Crippen LogP contribution in [0.25, 0.3) is 0 Å². The second-order valence-electron chi connectivity index (χ2n) is 4.36. The number of nitrogens with zero attached hydrogens (tertiary/aromatic N) is 1. The average molecular weight is 270 g/mol. The highest BCUT2D eigenvalue weighted by Gasteiger charge is 2.24. The summed E-state index contributed by atoms with van der Waals surface area (Å²) in [6, 6.07) is 10.4. The molecule has 1 aliphatic heterocycles. The van der Waals surface area contributed by atoms with E-state index in [1.165, 1.54) is 0 Å². The highest BCUT2D eigenvalue weighted by Crippen LogP contribution is 2.08. The first-order valence-electron chi connectivity index (χ1n) is 6.03. The third kappa shape index (κ3) is 3.89. The van der Waals surface area contributed by atoms with E-state index in [9.17, 15) is 4.79 Å². The topological polar surface area (TPSA) is 44.4 Å². The van der Waals surface area contributed by atoms with Crippen molar-refractivity contribution < 1.29 is 4.79 Å². The first-order chi connectivity index (χ1) is 8.29. The smallest absolute Gasteiger partial charge is 0.317 e. The minimum absolute atomic E-state index is 0. The van der Waals surface area contributed by atoms with Gasteiger partial charge in [-0.25, -0.2) is 4.79 Å². The molecule has 0 bridgehead atoms. The summed E-state index contributed by atoms with van der Waals surface area (Å²) in [4.78, 5) is 13.7. The van der Waals surface area contributed by atoms with Crippen molar-refractivity contribution in [1.29, 1.82) is 0 Å². The molecule has 0 aromatic heterocycles. The van der Waals surface area contributed by atoms with Crippen molar-refractivity contribution in [3.63, 3.8) is 0 Å². The molecular formula is C13H20ClN3O. The predicted octanol–water partition coefficient (Wildman–Crippen LogP) is 1.61. The maximum Gasteiger partial charge on any atom is 0.317 e. The summed E-state index contributed by atoms with van der Waals surface area (Å²) in [5.74, 6) is 0. The highest BCUT2D eigenvalue weighted by molar-refractivity contribution is 5.85. The van der Waals surface area contributed by atoms with Crippen LogP contribution in [0.5, 0.6) is 0 Å². The zero-order valence-electron chi connectivity index (χ0n) is 10.6. The van der Waals surface area contributed by atoms with Crippen LogP contribution in [-0.2, 0) is 6.54 Å². The Morgan fingerprint density at radius 2 is 2.11 bits per heavy atom. The number of nitrogens with one attached hydrogen (secondary N) is 2. The van der Waals surface area contributed by atoms with E-state index in [0.717, 1.165) is 25.1 Å². The van der Waals surface area contributed by atoms with Gasteiger partial charge in [-0.05, 0) is 19.0 Å². The molecule has 1 aromatic rings. The van der Waals surface area contributed by atoms with Crippen LogP contribution in [0, 0.1) is 0 Å². The molecular weight excluding hydrogens is 250 g/mol. The molecule has 0 spiro atoms. The fraction of sp³-hybridized carbons (Fsp3) is 0.462. The Kier molecular flexibility index (Phi) is 5.95. The third-order valence-electron chi connectivity index (χ3n) is 3.17. The second kappa shape index (κ2) is 7.24. The number of hydrogen-bond donors (Lipinski definition) is 2. The lowest BCUT2D eigenvalue weighted by atomic mass is 10.2. The van der Waals surface area contributed by atoms with Crippen LogP contribution in [0.3, 0.4) is 0 Å². The number of likely N-dealkylation sites (tertiary alicyclic amines) is 1. The summed E-state index contributed by atoms with van der Waals surface area (Å²) in [6.07, 6.45) is 1.04. The standard InChI is InChI=1S/C13H19N3O.ClH/c1-14-12-7-8-16(10-12)13(17)15-9-11-5-3-2-4-6-11;/h2-6,12,14H,7-10H2,1H3,(H,15,17);1H. The molecule has 1 saturated heterocycles. The van der Waals surface area contributed by atoms with E-state index >= 15 is 0 Å². The molecule has 1 heterocycles. The minimum Gasteiger partial charge on any atom is -0.334 e. The Labute approximate surface area is 114 Å². The van der Waals surface area contributed by atoms with Gasteiger partial charge in [0.25, 0.3) is 0 Å². The molecule has 1 aliphatic rings. The molecule has 0 aliphatic carbocycles. The van der Waals surface area contributed by atoms with Gasteiger partial charge in [-0.1, -0.05) is 30.3 Å².